The molecule has 1 aromatic carbocycles. The molecule has 0 aliphatic carbocycles. The maximum absolute atomic E-state index is 10.2. The molecule has 1 fully saturated rings. The molecule has 28 heavy (non-hydrogen) atoms. The Bertz CT molecular complexity index is 774. The fourth-order valence-corrected chi connectivity index (χ4v) is 3.89. The minimum Gasteiger partial charge on any atom is -0.317 e. The fraction of sp³-hybridized carbons (Fsp3) is 0.286. The number of aromatic nitrogens is 2. The molecule has 2 N–H and O–H groups in total. The molecule has 1 aliphatic rings. The van der Waals surface area contributed by atoms with Crippen molar-refractivity contribution in [2.75, 3.05) is 18.4 Å². The van der Waals surface area contributed by atoms with Gasteiger partial charge in [-0.15, -0.1) is 35.5 Å². The molecule has 5 nitrogen and oxygen atoms in total. The summed E-state index contributed by atoms with van der Waals surface area (Å²) in [6, 6.07) is 12.0. The Morgan fingerprint density at radius 3 is 2.00 bits per heavy atom. The number of nitrogens with one attached hydrogen (secondary N) is 2. The largest absolute Gasteiger partial charge is 0.317 e. The number of rotatable bonds is 3. The molecule has 1 saturated heterocycles. The smallest absolute Gasteiger partial charge is 0.213 e. The highest BCUT2D eigenvalue weighted by molar-refractivity contribution is 7.16. The molecule has 0 bridgehead atoms. The molecule has 1 aliphatic heterocycles. The maximum atomic E-state index is 10.2. The van der Waals surface area contributed by atoms with Gasteiger partial charge in [0.15, 0.2) is 5.13 Å². The first-order chi connectivity index (χ1) is 13.7. The molecule has 0 atom stereocenters. The minimum atomic E-state index is 0.616. The number of amides is 1. The van der Waals surface area contributed by atoms with E-state index in [1.54, 1.807) is 11.3 Å². The molecule has 7 heteroatoms. The summed E-state index contributed by atoms with van der Waals surface area (Å²) < 4.78 is 0. The molecule has 3 heterocycles. The van der Waals surface area contributed by atoms with Gasteiger partial charge in [-0.25, -0.2) is 9.97 Å². The average molecular weight is 415 g/mol. The van der Waals surface area contributed by atoms with E-state index < -0.39 is 0 Å². The van der Waals surface area contributed by atoms with Crippen LogP contribution in [0.2, 0.25) is 0 Å². The number of thiazole rings is 2. The van der Waals surface area contributed by atoms with Gasteiger partial charge in [-0.1, -0.05) is 36.4 Å². The molecule has 0 saturated carbocycles. The summed E-state index contributed by atoms with van der Waals surface area (Å²) in [6.45, 7) is 6.43. The third-order valence-corrected chi connectivity index (χ3v) is 5.32. The Hall–Kier alpha value is -2.53. The van der Waals surface area contributed by atoms with Gasteiger partial charge in [0.2, 0.25) is 6.41 Å². The van der Waals surface area contributed by atoms with Crippen LogP contribution >= 0.6 is 22.7 Å². The van der Waals surface area contributed by atoms with Gasteiger partial charge in [0.05, 0.1) is 21.3 Å². The number of terminal acetylenes is 1. The summed E-state index contributed by atoms with van der Waals surface area (Å²) in [7, 11) is 0. The Balaban J connectivity index is 0.000000246. The molecule has 0 unspecified atom stereocenters. The van der Waals surface area contributed by atoms with Crippen LogP contribution in [0.4, 0.5) is 5.13 Å². The lowest BCUT2D eigenvalue weighted by molar-refractivity contribution is -0.105. The Morgan fingerprint density at radius 2 is 1.61 bits per heavy atom. The first kappa shape index (κ1) is 23.5. The second-order valence-electron chi connectivity index (χ2n) is 5.56. The number of nitrogens with zero attached hydrogens (tertiary/aromatic N) is 2. The molecular weight excluding hydrogens is 388 g/mol. The van der Waals surface area contributed by atoms with E-state index in [1.807, 2.05) is 55.6 Å². The van der Waals surface area contributed by atoms with Crippen molar-refractivity contribution in [1.82, 2.24) is 15.3 Å². The zero-order valence-electron chi connectivity index (χ0n) is 16.2. The van der Waals surface area contributed by atoms with Gasteiger partial charge in [-0.2, -0.15) is 0 Å². The highest BCUT2D eigenvalue weighted by Crippen LogP contribution is 2.31. The summed E-state index contributed by atoms with van der Waals surface area (Å²) in [5.41, 5.74) is 1.87. The van der Waals surface area contributed by atoms with E-state index in [9.17, 15) is 4.79 Å². The fourth-order valence-electron chi connectivity index (χ4n) is 2.27. The van der Waals surface area contributed by atoms with Crippen molar-refractivity contribution in [3.05, 3.63) is 52.5 Å². The molecular formula is C21H26N4OS2. The van der Waals surface area contributed by atoms with E-state index >= 15 is 0 Å². The van der Waals surface area contributed by atoms with Crippen LogP contribution in [0.5, 0.6) is 0 Å². The molecule has 148 valence electrons. The average Bonchev–Trinajstić information content (AvgIpc) is 3.49. The monoisotopic (exact) mass is 414 g/mol. The number of anilines is 1. The predicted molar refractivity (Wildman–Crippen MR) is 121 cm³/mol. The maximum Gasteiger partial charge on any atom is 0.213 e. The lowest BCUT2D eigenvalue weighted by Crippen LogP contribution is -2.03. The SMILES string of the molecule is C#C.C1CCNC1.Cc1nc(C)c(-c2csc(NC=O)n2)s1.c1ccccc1. The number of aryl methyl sites for hydroxylation is 2. The van der Waals surface area contributed by atoms with Crippen LogP contribution in [0.25, 0.3) is 10.6 Å². The Kier molecular flexibility index (Phi) is 12.2. The van der Waals surface area contributed by atoms with Crippen molar-refractivity contribution in [3.8, 4) is 23.4 Å². The van der Waals surface area contributed by atoms with Crippen LogP contribution in [0.3, 0.4) is 0 Å². The van der Waals surface area contributed by atoms with Gasteiger partial charge in [0.1, 0.15) is 0 Å². The number of hydrogen-bond acceptors (Lipinski definition) is 6. The molecule has 0 spiro atoms. The number of carbonyl (C=O) groups excluding carboxylic acids is 1. The summed E-state index contributed by atoms with van der Waals surface area (Å²) in [4.78, 5) is 19.9. The van der Waals surface area contributed by atoms with Gasteiger partial charge >= 0.3 is 0 Å². The molecule has 3 aromatic rings. The van der Waals surface area contributed by atoms with Crippen molar-refractivity contribution in [3.63, 3.8) is 0 Å². The molecule has 4 rings (SSSR count). The van der Waals surface area contributed by atoms with Crippen molar-refractivity contribution < 1.29 is 4.79 Å². The van der Waals surface area contributed by atoms with Gasteiger partial charge in [-0.05, 0) is 39.8 Å². The molecule has 2 aromatic heterocycles. The second kappa shape index (κ2) is 14.5. The summed E-state index contributed by atoms with van der Waals surface area (Å²) in [5, 5.41) is 9.32. The standard InChI is InChI=1S/C9H9N3OS2.C6H6.C4H9N.C2H2/c1-5-8(15-6(2)11-5)7-3-14-9(12-7)10-4-13;1-2-4-6-5-3-1;1-2-4-5-3-1;1-2/h3-4H,1-2H3,(H,10,12,13);1-6H;5H,1-4H2;1-2H. The van der Waals surface area contributed by atoms with E-state index in [-0.39, 0.29) is 0 Å². The van der Waals surface area contributed by atoms with E-state index in [4.69, 9.17) is 0 Å². The third kappa shape index (κ3) is 8.91. The van der Waals surface area contributed by atoms with Crippen LogP contribution in [0, 0.1) is 26.7 Å². The minimum absolute atomic E-state index is 0.616. The first-order valence-corrected chi connectivity index (χ1v) is 10.5. The topological polar surface area (TPSA) is 66.9 Å². The van der Waals surface area contributed by atoms with Gasteiger partial charge in [-0.3, -0.25) is 4.79 Å². The van der Waals surface area contributed by atoms with E-state index in [1.165, 1.54) is 37.3 Å². The Labute approximate surface area is 175 Å². The molecule has 1 amide bonds. The van der Waals surface area contributed by atoms with Crippen LogP contribution in [-0.2, 0) is 4.79 Å². The quantitative estimate of drug-likeness (QED) is 0.479. The van der Waals surface area contributed by atoms with Crippen molar-refractivity contribution in [2.24, 2.45) is 0 Å². The number of benzene rings is 1. The van der Waals surface area contributed by atoms with Crippen LogP contribution in [-0.4, -0.2) is 29.5 Å². The van der Waals surface area contributed by atoms with Crippen molar-refractivity contribution >= 4 is 34.2 Å². The van der Waals surface area contributed by atoms with Gasteiger partial charge < -0.3 is 10.6 Å². The second-order valence-corrected chi connectivity index (χ2v) is 7.62. The van der Waals surface area contributed by atoms with E-state index in [0.29, 0.717) is 11.5 Å². The predicted octanol–water partition coefficient (Wildman–Crippen LogP) is 4.76. The summed E-state index contributed by atoms with van der Waals surface area (Å²) >= 11 is 3.03. The molecule has 0 radical (unpaired) electrons. The summed E-state index contributed by atoms with van der Waals surface area (Å²) in [6.07, 6.45) is 11.4. The summed E-state index contributed by atoms with van der Waals surface area (Å²) in [5.74, 6) is 0. The lowest BCUT2D eigenvalue weighted by Gasteiger charge is -1.91. The first-order valence-electron chi connectivity index (χ1n) is 8.85. The third-order valence-electron chi connectivity index (χ3n) is 3.45. The van der Waals surface area contributed by atoms with E-state index in [0.717, 1.165) is 21.3 Å². The number of carbonyl (C=O) groups is 1. The zero-order chi connectivity index (χ0) is 20.6. The highest BCUT2D eigenvalue weighted by Gasteiger charge is 2.10. The van der Waals surface area contributed by atoms with Crippen molar-refractivity contribution in [1.29, 1.82) is 0 Å². The van der Waals surface area contributed by atoms with Gasteiger partial charge in [0.25, 0.3) is 0 Å². The number of hydrogen-bond donors (Lipinski definition) is 2. The Morgan fingerprint density at radius 1 is 1.04 bits per heavy atom. The van der Waals surface area contributed by atoms with E-state index in [2.05, 4.69) is 33.4 Å². The normalized spacial score (nSPS) is 11.6. The highest BCUT2D eigenvalue weighted by atomic mass is 32.1. The van der Waals surface area contributed by atoms with Gasteiger partial charge in [0, 0.05) is 5.38 Å². The zero-order valence-corrected chi connectivity index (χ0v) is 17.9. The van der Waals surface area contributed by atoms with Crippen molar-refractivity contribution in [2.45, 2.75) is 26.7 Å². The van der Waals surface area contributed by atoms with Crippen LogP contribution < -0.4 is 10.6 Å². The lowest BCUT2D eigenvalue weighted by atomic mass is 10.3. The van der Waals surface area contributed by atoms with Crippen LogP contribution in [0.1, 0.15) is 23.5 Å². The van der Waals surface area contributed by atoms with Crippen LogP contribution in [0.15, 0.2) is 41.8 Å².